The summed E-state index contributed by atoms with van der Waals surface area (Å²) < 4.78 is 2.41. The van der Waals surface area contributed by atoms with E-state index in [4.69, 9.17) is 4.98 Å². The van der Waals surface area contributed by atoms with Crippen molar-refractivity contribution < 1.29 is 4.79 Å². The zero-order valence-corrected chi connectivity index (χ0v) is 16.9. The molecule has 0 radical (unpaired) electrons. The van der Waals surface area contributed by atoms with E-state index in [2.05, 4.69) is 41.1 Å². The van der Waals surface area contributed by atoms with E-state index < -0.39 is 0 Å². The lowest BCUT2D eigenvalue weighted by Gasteiger charge is -2.20. The van der Waals surface area contributed by atoms with Crippen molar-refractivity contribution in [3.05, 3.63) is 30.1 Å². The topological polar surface area (TPSA) is 46.9 Å². The summed E-state index contributed by atoms with van der Waals surface area (Å²) in [7, 11) is 0. The van der Waals surface area contributed by atoms with Gasteiger partial charge in [0.1, 0.15) is 5.82 Å². The summed E-state index contributed by atoms with van der Waals surface area (Å²) >= 11 is 0. The zero-order chi connectivity index (χ0) is 18.9. The Morgan fingerprint density at radius 1 is 1.11 bits per heavy atom. The molecule has 0 saturated heterocycles. The second-order valence-electron chi connectivity index (χ2n) is 7.96. The SMILES string of the molecule is CCCCn1c(CCCCCNC(=O)C2CCCCC2)nc2ccccc21. The Morgan fingerprint density at radius 3 is 2.74 bits per heavy atom. The molecule has 27 heavy (non-hydrogen) atoms. The van der Waals surface area contributed by atoms with Crippen LogP contribution in [0.2, 0.25) is 0 Å². The standard InChI is InChI=1S/C23H35N3O/c1-2-3-18-26-21-15-10-9-14-20(21)25-22(26)16-8-5-11-17-24-23(27)19-12-6-4-7-13-19/h9-10,14-15,19H,2-8,11-13,16-18H2,1H3,(H,24,27). The number of hydrogen-bond donors (Lipinski definition) is 1. The number of rotatable bonds is 10. The third-order valence-corrected chi connectivity index (χ3v) is 5.82. The maximum absolute atomic E-state index is 12.2. The van der Waals surface area contributed by atoms with E-state index in [1.165, 1.54) is 43.4 Å². The van der Waals surface area contributed by atoms with Gasteiger partial charge in [-0.2, -0.15) is 0 Å². The van der Waals surface area contributed by atoms with Gasteiger partial charge < -0.3 is 9.88 Å². The molecular weight excluding hydrogens is 334 g/mol. The molecule has 1 N–H and O–H groups in total. The molecule has 1 heterocycles. The highest BCUT2D eigenvalue weighted by atomic mass is 16.1. The Bertz CT molecular complexity index is 715. The van der Waals surface area contributed by atoms with E-state index in [1.54, 1.807) is 0 Å². The first-order valence-corrected chi connectivity index (χ1v) is 11.0. The second-order valence-corrected chi connectivity index (χ2v) is 7.96. The maximum Gasteiger partial charge on any atom is 0.223 e. The lowest BCUT2D eigenvalue weighted by molar-refractivity contribution is -0.125. The highest BCUT2D eigenvalue weighted by molar-refractivity contribution is 5.78. The molecule has 1 aliphatic rings. The molecular formula is C23H35N3O. The van der Waals surface area contributed by atoms with Crippen molar-refractivity contribution in [2.75, 3.05) is 6.54 Å². The summed E-state index contributed by atoms with van der Waals surface area (Å²) in [6.07, 6.45) is 12.7. The summed E-state index contributed by atoms with van der Waals surface area (Å²) in [5.41, 5.74) is 2.38. The molecule has 3 rings (SSSR count). The lowest BCUT2D eigenvalue weighted by Crippen LogP contribution is -2.32. The van der Waals surface area contributed by atoms with Gasteiger partial charge in [0.05, 0.1) is 11.0 Å². The van der Waals surface area contributed by atoms with Crippen LogP contribution in [0.25, 0.3) is 11.0 Å². The van der Waals surface area contributed by atoms with Crippen molar-refractivity contribution in [3.8, 4) is 0 Å². The van der Waals surface area contributed by atoms with Crippen LogP contribution in [-0.2, 0) is 17.8 Å². The molecule has 1 fully saturated rings. The highest BCUT2D eigenvalue weighted by Crippen LogP contribution is 2.23. The van der Waals surface area contributed by atoms with Crippen LogP contribution in [0.5, 0.6) is 0 Å². The smallest absolute Gasteiger partial charge is 0.223 e. The van der Waals surface area contributed by atoms with Crippen LogP contribution in [0.3, 0.4) is 0 Å². The van der Waals surface area contributed by atoms with Gasteiger partial charge in [-0.05, 0) is 44.2 Å². The normalized spacial score (nSPS) is 15.3. The van der Waals surface area contributed by atoms with Crippen molar-refractivity contribution >= 4 is 16.9 Å². The average Bonchev–Trinajstić information content (AvgIpc) is 3.06. The van der Waals surface area contributed by atoms with Gasteiger partial charge in [-0.1, -0.05) is 51.2 Å². The molecule has 1 aliphatic carbocycles. The second kappa shape index (κ2) is 10.5. The van der Waals surface area contributed by atoms with E-state index >= 15 is 0 Å². The molecule has 1 amide bonds. The molecule has 0 unspecified atom stereocenters. The number of fused-ring (bicyclic) bond motifs is 1. The zero-order valence-electron chi connectivity index (χ0n) is 16.9. The Hall–Kier alpha value is -1.84. The maximum atomic E-state index is 12.2. The van der Waals surface area contributed by atoms with Crippen LogP contribution in [0, 0.1) is 5.92 Å². The Kier molecular flexibility index (Phi) is 7.73. The first-order chi connectivity index (χ1) is 13.3. The van der Waals surface area contributed by atoms with Crippen LogP contribution >= 0.6 is 0 Å². The number of para-hydroxylation sites is 2. The number of benzene rings is 1. The van der Waals surface area contributed by atoms with Crippen molar-refractivity contribution in [2.24, 2.45) is 5.92 Å². The molecule has 0 atom stereocenters. The van der Waals surface area contributed by atoms with Crippen LogP contribution < -0.4 is 5.32 Å². The molecule has 0 bridgehead atoms. The number of amides is 1. The Labute approximate surface area is 163 Å². The molecule has 0 aliphatic heterocycles. The monoisotopic (exact) mass is 369 g/mol. The molecule has 1 aromatic heterocycles. The van der Waals surface area contributed by atoms with Crippen LogP contribution in [0.1, 0.15) is 77.0 Å². The predicted octanol–water partition coefficient (Wildman–Crippen LogP) is 5.25. The van der Waals surface area contributed by atoms with Crippen molar-refractivity contribution in [3.63, 3.8) is 0 Å². The van der Waals surface area contributed by atoms with Crippen LogP contribution in [-0.4, -0.2) is 22.0 Å². The van der Waals surface area contributed by atoms with E-state index in [0.29, 0.717) is 0 Å². The largest absolute Gasteiger partial charge is 0.356 e. The summed E-state index contributed by atoms with van der Waals surface area (Å²) in [4.78, 5) is 17.0. The van der Waals surface area contributed by atoms with Gasteiger partial charge in [-0.3, -0.25) is 4.79 Å². The molecule has 0 spiro atoms. The average molecular weight is 370 g/mol. The number of nitrogens with zero attached hydrogens (tertiary/aromatic N) is 2. The molecule has 1 aromatic carbocycles. The minimum absolute atomic E-state index is 0.275. The lowest BCUT2D eigenvalue weighted by atomic mass is 9.89. The van der Waals surface area contributed by atoms with E-state index in [-0.39, 0.29) is 11.8 Å². The third kappa shape index (κ3) is 5.57. The third-order valence-electron chi connectivity index (χ3n) is 5.82. The van der Waals surface area contributed by atoms with Crippen molar-refractivity contribution in [1.29, 1.82) is 0 Å². The predicted molar refractivity (Wildman–Crippen MR) is 112 cm³/mol. The van der Waals surface area contributed by atoms with Gasteiger partial charge >= 0.3 is 0 Å². The first kappa shape index (κ1) is 19.9. The number of aromatic nitrogens is 2. The molecule has 148 valence electrons. The number of unbranched alkanes of at least 4 members (excludes halogenated alkanes) is 3. The molecule has 4 heteroatoms. The number of aryl methyl sites for hydroxylation is 2. The van der Waals surface area contributed by atoms with Crippen molar-refractivity contribution in [2.45, 2.75) is 84.1 Å². The quantitative estimate of drug-likeness (QED) is 0.582. The van der Waals surface area contributed by atoms with Gasteiger partial charge in [0.2, 0.25) is 5.91 Å². The Balaban J connectivity index is 1.41. The summed E-state index contributed by atoms with van der Waals surface area (Å²) in [6.45, 7) is 4.12. The minimum Gasteiger partial charge on any atom is -0.356 e. The van der Waals surface area contributed by atoms with E-state index in [0.717, 1.165) is 57.1 Å². The molecule has 2 aromatic rings. The number of nitrogens with one attached hydrogen (secondary N) is 1. The minimum atomic E-state index is 0.275. The molecule has 1 saturated carbocycles. The Morgan fingerprint density at radius 2 is 1.93 bits per heavy atom. The van der Waals surface area contributed by atoms with Crippen LogP contribution in [0.4, 0.5) is 0 Å². The first-order valence-electron chi connectivity index (χ1n) is 11.0. The number of carbonyl (C=O) groups excluding carboxylic acids is 1. The fraction of sp³-hybridized carbons (Fsp3) is 0.652. The van der Waals surface area contributed by atoms with Crippen LogP contribution in [0.15, 0.2) is 24.3 Å². The van der Waals surface area contributed by atoms with Gasteiger partial charge in [-0.15, -0.1) is 0 Å². The fourth-order valence-corrected chi connectivity index (χ4v) is 4.19. The summed E-state index contributed by atoms with van der Waals surface area (Å²) in [6, 6.07) is 8.47. The number of imidazole rings is 1. The number of carbonyl (C=O) groups is 1. The summed E-state index contributed by atoms with van der Waals surface area (Å²) in [5, 5.41) is 3.15. The summed E-state index contributed by atoms with van der Waals surface area (Å²) in [5.74, 6) is 1.78. The van der Waals surface area contributed by atoms with E-state index in [9.17, 15) is 4.79 Å². The van der Waals surface area contributed by atoms with E-state index in [1.807, 2.05) is 0 Å². The van der Waals surface area contributed by atoms with Gasteiger partial charge in [0.25, 0.3) is 0 Å². The number of hydrogen-bond acceptors (Lipinski definition) is 2. The van der Waals surface area contributed by atoms with Gasteiger partial charge in [0.15, 0.2) is 0 Å². The highest BCUT2D eigenvalue weighted by Gasteiger charge is 2.20. The molecule has 4 nitrogen and oxygen atoms in total. The van der Waals surface area contributed by atoms with Gasteiger partial charge in [0, 0.05) is 25.4 Å². The van der Waals surface area contributed by atoms with Crippen molar-refractivity contribution in [1.82, 2.24) is 14.9 Å². The fourth-order valence-electron chi connectivity index (χ4n) is 4.19. The van der Waals surface area contributed by atoms with Gasteiger partial charge in [-0.25, -0.2) is 4.98 Å².